The smallest absolute Gasteiger partial charge is 0.0632 e. The number of rotatable bonds is 3. The molecule has 0 atom stereocenters. The average molecular weight is 269 g/mol. The van der Waals surface area contributed by atoms with E-state index in [2.05, 4.69) is 28.9 Å². The summed E-state index contributed by atoms with van der Waals surface area (Å²) in [5, 5.41) is 2.24. The van der Waals surface area contributed by atoms with E-state index in [1.807, 2.05) is 18.5 Å². The summed E-state index contributed by atoms with van der Waals surface area (Å²) in [7, 11) is 0. The number of pyridine rings is 1. The number of aromatic nitrogens is 1. The van der Waals surface area contributed by atoms with E-state index >= 15 is 0 Å². The van der Waals surface area contributed by atoms with Crippen LogP contribution in [0.25, 0.3) is 10.8 Å². The average Bonchev–Trinajstić information content (AvgIpc) is 2.51. The first-order valence-electron chi connectivity index (χ1n) is 7.70. The van der Waals surface area contributed by atoms with Gasteiger partial charge in [0, 0.05) is 35.8 Å². The van der Waals surface area contributed by atoms with E-state index in [0.717, 1.165) is 23.0 Å². The van der Waals surface area contributed by atoms with Crippen LogP contribution >= 0.6 is 0 Å². The molecule has 1 aliphatic rings. The summed E-state index contributed by atoms with van der Waals surface area (Å²) in [6.07, 6.45) is 10.4. The van der Waals surface area contributed by atoms with E-state index in [1.54, 1.807) is 0 Å². The van der Waals surface area contributed by atoms with Gasteiger partial charge in [-0.15, -0.1) is 0 Å². The zero-order chi connectivity index (χ0) is 13.9. The van der Waals surface area contributed by atoms with Gasteiger partial charge in [0.1, 0.15) is 0 Å². The summed E-state index contributed by atoms with van der Waals surface area (Å²) < 4.78 is 0. The number of benzene rings is 1. The number of fused-ring (bicyclic) bond motifs is 1. The molecule has 3 rings (SSSR count). The fourth-order valence-corrected chi connectivity index (χ4v) is 3.45. The van der Waals surface area contributed by atoms with E-state index in [1.165, 1.54) is 37.8 Å². The van der Waals surface area contributed by atoms with E-state index in [4.69, 9.17) is 5.73 Å². The minimum atomic E-state index is 0.648. The highest BCUT2D eigenvalue weighted by atomic mass is 15.2. The minimum Gasteiger partial charge on any atom is -0.397 e. The maximum atomic E-state index is 6.43. The Bertz CT molecular complexity index is 588. The second-order valence-corrected chi connectivity index (χ2v) is 5.67. The molecule has 0 saturated heterocycles. The van der Waals surface area contributed by atoms with Crippen LogP contribution in [-0.2, 0) is 0 Å². The van der Waals surface area contributed by atoms with E-state index in [-0.39, 0.29) is 0 Å². The SMILES string of the molecule is CCN(c1ccc2cnccc2c1N)C1CCCCC1. The number of anilines is 2. The van der Waals surface area contributed by atoms with E-state index in [0.29, 0.717) is 6.04 Å². The molecule has 1 fully saturated rings. The van der Waals surface area contributed by atoms with Crippen molar-refractivity contribution in [2.24, 2.45) is 0 Å². The van der Waals surface area contributed by atoms with Crippen LogP contribution in [-0.4, -0.2) is 17.6 Å². The second-order valence-electron chi connectivity index (χ2n) is 5.67. The molecule has 3 nitrogen and oxygen atoms in total. The maximum Gasteiger partial charge on any atom is 0.0632 e. The Morgan fingerprint density at radius 3 is 2.75 bits per heavy atom. The molecule has 2 aromatic rings. The lowest BCUT2D eigenvalue weighted by atomic mass is 9.93. The molecule has 20 heavy (non-hydrogen) atoms. The van der Waals surface area contributed by atoms with Crippen molar-refractivity contribution in [2.75, 3.05) is 17.2 Å². The highest BCUT2D eigenvalue weighted by molar-refractivity contribution is 5.98. The van der Waals surface area contributed by atoms with Crippen molar-refractivity contribution in [3.05, 3.63) is 30.6 Å². The molecule has 0 aliphatic heterocycles. The molecule has 0 bridgehead atoms. The molecule has 1 heterocycles. The fourth-order valence-electron chi connectivity index (χ4n) is 3.45. The molecular weight excluding hydrogens is 246 g/mol. The van der Waals surface area contributed by atoms with Gasteiger partial charge in [-0.2, -0.15) is 0 Å². The molecule has 1 aliphatic carbocycles. The monoisotopic (exact) mass is 269 g/mol. The molecule has 0 radical (unpaired) electrons. The number of nitrogens with two attached hydrogens (primary N) is 1. The summed E-state index contributed by atoms with van der Waals surface area (Å²) in [5.41, 5.74) is 8.53. The Morgan fingerprint density at radius 1 is 1.20 bits per heavy atom. The highest BCUT2D eigenvalue weighted by Crippen LogP contribution is 2.34. The van der Waals surface area contributed by atoms with Gasteiger partial charge in [-0.05, 0) is 31.9 Å². The largest absolute Gasteiger partial charge is 0.397 e. The van der Waals surface area contributed by atoms with Crippen LogP contribution in [0.1, 0.15) is 39.0 Å². The van der Waals surface area contributed by atoms with E-state index in [9.17, 15) is 0 Å². The zero-order valence-corrected chi connectivity index (χ0v) is 12.2. The quantitative estimate of drug-likeness (QED) is 0.857. The van der Waals surface area contributed by atoms with Crippen molar-refractivity contribution < 1.29 is 0 Å². The molecule has 2 N–H and O–H groups in total. The lowest BCUT2D eigenvalue weighted by Crippen LogP contribution is -2.37. The van der Waals surface area contributed by atoms with Gasteiger partial charge < -0.3 is 10.6 Å². The normalized spacial score (nSPS) is 16.4. The molecule has 1 aromatic carbocycles. The van der Waals surface area contributed by atoms with Gasteiger partial charge in [-0.3, -0.25) is 4.98 Å². The van der Waals surface area contributed by atoms with Crippen molar-refractivity contribution in [2.45, 2.75) is 45.1 Å². The van der Waals surface area contributed by atoms with Crippen LogP contribution in [0.4, 0.5) is 11.4 Å². The number of nitrogens with zero attached hydrogens (tertiary/aromatic N) is 2. The molecule has 1 aromatic heterocycles. The Labute approximate surface area is 120 Å². The van der Waals surface area contributed by atoms with Crippen LogP contribution < -0.4 is 10.6 Å². The van der Waals surface area contributed by atoms with Gasteiger partial charge in [0.2, 0.25) is 0 Å². The van der Waals surface area contributed by atoms with Crippen molar-refractivity contribution in [1.29, 1.82) is 0 Å². The summed E-state index contributed by atoms with van der Waals surface area (Å²) in [6.45, 7) is 3.25. The Kier molecular flexibility index (Phi) is 3.77. The Morgan fingerprint density at radius 2 is 2.00 bits per heavy atom. The van der Waals surface area contributed by atoms with Crippen LogP contribution in [0.15, 0.2) is 30.6 Å². The Balaban J connectivity index is 2.00. The lowest BCUT2D eigenvalue weighted by Gasteiger charge is -2.36. The van der Waals surface area contributed by atoms with Crippen molar-refractivity contribution in [1.82, 2.24) is 4.98 Å². The predicted molar refractivity (Wildman–Crippen MR) is 86.0 cm³/mol. The van der Waals surface area contributed by atoms with Gasteiger partial charge in [0.15, 0.2) is 0 Å². The number of hydrogen-bond acceptors (Lipinski definition) is 3. The lowest BCUT2D eigenvalue weighted by molar-refractivity contribution is 0.418. The summed E-state index contributed by atoms with van der Waals surface area (Å²) >= 11 is 0. The number of nitrogen functional groups attached to an aromatic ring is 1. The third-order valence-corrected chi connectivity index (χ3v) is 4.50. The van der Waals surface area contributed by atoms with E-state index < -0.39 is 0 Å². The molecule has 3 heteroatoms. The van der Waals surface area contributed by atoms with Gasteiger partial charge in [0.25, 0.3) is 0 Å². The van der Waals surface area contributed by atoms with Crippen LogP contribution in [0, 0.1) is 0 Å². The molecule has 0 unspecified atom stereocenters. The van der Waals surface area contributed by atoms with Crippen LogP contribution in [0.2, 0.25) is 0 Å². The van der Waals surface area contributed by atoms with Crippen molar-refractivity contribution in [3.8, 4) is 0 Å². The first-order chi connectivity index (χ1) is 9.81. The second kappa shape index (κ2) is 5.70. The third-order valence-electron chi connectivity index (χ3n) is 4.50. The van der Waals surface area contributed by atoms with Gasteiger partial charge >= 0.3 is 0 Å². The molecule has 0 amide bonds. The third kappa shape index (κ3) is 2.33. The van der Waals surface area contributed by atoms with Crippen molar-refractivity contribution >= 4 is 22.1 Å². The molecule has 0 spiro atoms. The van der Waals surface area contributed by atoms with Gasteiger partial charge in [-0.25, -0.2) is 0 Å². The topological polar surface area (TPSA) is 42.2 Å². The summed E-state index contributed by atoms with van der Waals surface area (Å²) in [5.74, 6) is 0. The summed E-state index contributed by atoms with van der Waals surface area (Å²) in [6, 6.07) is 6.97. The number of hydrogen-bond donors (Lipinski definition) is 1. The Hall–Kier alpha value is -1.77. The fraction of sp³-hybridized carbons (Fsp3) is 0.471. The van der Waals surface area contributed by atoms with Gasteiger partial charge in [-0.1, -0.05) is 25.3 Å². The first kappa shape index (κ1) is 13.2. The maximum absolute atomic E-state index is 6.43. The molecule has 1 saturated carbocycles. The predicted octanol–water partition coefficient (Wildman–Crippen LogP) is 3.98. The molecule has 106 valence electrons. The zero-order valence-electron chi connectivity index (χ0n) is 12.2. The minimum absolute atomic E-state index is 0.648. The van der Waals surface area contributed by atoms with Crippen LogP contribution in [0.3, 0.4) is 0 Å². The molecular formula is C17H23N3. The van der Waals surface area contributed by atoms with Crippen LogP contribution in [0.5, 0.6) is 0 Å². The highest BCUT2D eigenvalue weighted by Gasteiger charge is 2.22. The first-order valence-corrected chi connectivity index (χ1v) is 7.70. The standard InChI is InChI=1S/C17H23N3/c1-2-20(14-6-4-3-5-7-14)16-9-8-13-12-19-11-10-15(13)17(16)18/h8-12,14H,2-7,18H2,1H3. The van der Waals surface area contributed by atoms with Crippen molar-refractivity contribution in [3.63, 3.8) is 0 Å². The summed E-state index contributed by atoms with van der Waals surface area (Å²) in [4.78, 5) is 6.66. The van der Waals surface area contributed by atoms with Gasteiger partial charge in [0.05, 0.1) is 11.4 Å².